The minimum Gasteiger partial charge on any atom is -0.383 e. The van der Waals surface area contributed by atoms with E-state index in [-0.39, 0.29) is 23.6 Å². The van der Waals surface area contributed by atoms with Crippen molar-refractivity contribution >= 4 is 5.82 Å². The summed E-state index contributed by atoms with van der Waals surface area (Å²) in [6, 6.07) is 6.41. The van der Waals surface area contributed by atoms with E-state index in [4.69, 9.17) is 11.5 Å². The minimum atomic E-state index is -0.543. The molecule has 0 aliphatic heterocycles. The lowest BCUT2D eigenvalue weighted by atomic mass is 10.1. The summed E-state index contributed by atoms with van der Waals surface area (Å²) in [4.78, 5) is 4.01. The Labute approximate surface area is 97.1 Å². The normalized spacial score (nSPS) is 10.5. The number of halogens is 2. The van der Waals surface area contributed by atoms with E-state index in [1.54, 1.807) is 12.1 Å². The molecular formula is C12H11F2N3. The molecule has 0 spiro atoms. The van der Waals surface area contributed by atoms with Crippen molar-refractivity contribution in [3.8, 4) is 11.3 Å². The van der Waals surface area contributed by atoms with Gasteiger partial charge >= 0.3 is 0 Å². The second-order valence-electron chi connectivity index (χ2n) is 3.57. The molecular weight excluding hydrogens is 224 g/mol. The molecule has 0 saturated heterocycles. The predicted octanol–water partition coefficient (Wildman–Crippen LogP) is 2.07. The van der Waals surface area contributed by atoms with Crippen LogP contribution in [0.25, 0.3) is 11.3 Å². The molecule has 3 nitrogen and oxygen atoms in total. The van der Waals surface area contributed by atoms with E-state index in [2.05, 4.69) is 4.98 Å². The van der Waals surface area contributed by atoms with Crippen molar-refractivity contribution in [3.63, 3.8) is 0 Å². The summed E-state index contributed by atoms with van der Waals surface area (Å²) in [5.74, 6) is -0.836. The van der Waals surface area contributed by atoms with Crippen LogP contribution in [0.15, 0.2) is 30.3 Å². The first kappa shape index (κ1) is 11.5. The van der Waals surface area contributed by atoms with E-state index >= 15 is 0 Å². The largest absolute Gasteiger partial charge is 0.383 e. The van der Waals surface area contributed by atoms with Gasteiger partial charge in [-0.15, -0.1) is 0 Å². The smallest absolute Gasteiger partial charge is 0.132 e. The van der Waals surface area contributed by atoms with Gasteiger partial charge in [-0.05, 0) is 24.3 Å². The van der Waals surface area contributed by atoms with Crippen molar-refractivity contribution in [1.82, 2.24) is 4.98 Å². The maximum atomic E-state index is 13.5. The van der Waals surface area contributed by atoms with Crippen LogP contribution >= 0.6 is 0 Å². The molecule has 0 amide bonds. The lowest BCUT2D eigenvalue weighted by Gasteiger charge is -2.06. The van der Waals surface area contributed by atoms with Crippen LogP contribution in [-0.4, -0.2) is 4.98 Å². The van der Waals surface area contributed by atoms with Gasteiger partial charge in [0.2, 0.25) is 0 Å². The van der Waals surface area contributed by atoms with Gasteiger partial charge in [0.25, 0.3) is 0 Å². The summed E-state index contributed by atoms with van der Waals surface area (Å²) in [6.07, 6.45) is 0. The highest BCUT2D eigenvalue weighted by Gasteiger charge is 2.09. The topological polar surface area (TPSA) is 64.9 Å². The second kappa shape index (κ2) is 4.47. The van der Waals surface area contributed by atoms with Crippen LogP contribution in [0.3, 0.4) is 0 Å². The molecule has 1 heterocycles. The van der Waals surface area contributed by atoms with E-state index in [0.29, 0.717) is 5.56 Å². The van der Waals surface area contributed by atoms with Gasteiger partial charge in [0.05, 0.1) is 5.69 Å². The molecule has 0 aliphatic rings. The zero-order valence-corrected chi connectivity index (χ0v) is 8.95. The Morgan fingerprint density at radius 1 is 1.12 bits per heavy atom. The van der Waals surface area contributed by atoms with Gasteiger partial charge in [-0.25, -0.2) is 13.8 Å². The Hall–Kier alpha value is -2.01. The van der Waals surface area contributed by atoms with Gasteiger partial charge in [-0.1, -0.05) is 6.07 Å². The Kier molecular flexibility index (Phi) is 3.01. The van der Waals surface area contributed by atoms with Gasteiger partial charge in [-0.2, -0.15) is 0 Å². The van der Waals surface area contributed by atoms with Crippen LogP contribution in [0.1, 0.15) is 5.56 Å². The minimum absolute atomic E-state index is 0.0836. The Bertz CT molecular complexity index is 555. The molecule has 1 aromatic heterocycles. The number of nitrogens with two attached hydrogens (primary N) is 2. The number of pyridine rings is 1. The molecule has 2 rings (SSSR count). The quantitative estimate of drug-likeness (QED) is 0.837. The van der Waals surface area contributed by atoms with E-state index in [1.165, 1.54) is 0 Å². The molecule has 0 saturated carbocycles. The Morgan fingerprint density at radius 2 is 1.88 bits per heavy atom. The van der Waals surface area contributed by atoms with Gasteiger partial charge in [0.1, 0.15) is 17.5 Å². The molecule has 4 N–H and O–H groups in total. The first-order chi connectivity index (χ1) is 8.11. The van der Waals surface area contributed by atoms with E-state index in [0.717, 1.165) is 18.2 Å². The molecule has 0 bridgehead atoms. The molecule has 0 atom stereocenters. The molecule has 2 aromatic rings. The highest BCUT2D eigenvalue weighted by Crippen LogP contribution is 2.23. The van der Waals surface area contributed by atoms with Crippen molar-refractivity contribution in [2.24, 2.45) is 5.73 Å². The fraction of sp³-hybridized carbons (Fsp3) is 0.0833. The standard InChI is InChI=1S/C12H11F2N3/c13-8-2-3-10(14)9(5-8)11-4-1-7(6-15)12(16)17-11/h1-5H,6,15H2,(H2,16,17). The first-order valence-corrected chi connectivity index (χ1v) is 5.02. The molecule has 0 radical (unpaired) electrons. The molecule has 5 heteroatoms. The average Bonchev–Trinajstić information content (AvgIpc) is 2.32. The maximum Gasteiger partial charge on any atom is 0.132 e. The van der Waals surface area contributed by atoms with Gasteiger partial charge in [0.15, 0.2) is 0 Å². The van der Waals surface area contributed by atoms with Crippen LogP contribution in [-0.2, 0) is 6.54 Å². The fourth-order valence-electron chi connectivity index (χ4n) is 1.52. The van der Waals surface area contributed by atoms with E-state index in [9.17, 15) is 8.78 Å². The van der Waals surface area contributed by atoms with E-state index in [1.807, 2.05) is 0 Å². The number of anilines is 1. The number of nitrogens with zero attached hydrogens (tertiary/aromatic N) is 1. The van der Waals surface area contributed by atoms with E-state index < -0.39 is 11.6 Å². The van der Waals surface area contributed by atoms with Crippen LogP contribution in [0.4, 0.5) is 14.6 Å². The number of hydrogen-bond donors (Lipinski definition) is 2. The van der Waals surface area contributed by atoms with Crippen LogP contribution in [0.2, 0.25) is 0 Å². The van der Waals surface area contributed by atoms with Crippen LogP contribution < -0.4 is 11.5 Å². The molecule has 1 aromatic carbocycles. The summed E-state index contributed by atoms with van der Waals surface area (Å²) in [5, 5.41) is 0. The summed E-state index contributed by atoms with van der Waals surface area (Å²) < 4.78 is 26.5. The maximum absolute atomic E-state index is 13.5. The summed E-state index contributed by atoms with van der Waals surface area (Å²) in [7, 11) is 0. The van der Waals surface area contributed by atoms with Crippen molar-refractivity contribution in [2.45, 2.75) is 6.54 Å². The summed E-state index contributed by atoms with van der Waals surface area (Å²) in [6.45, 7) is 0.255. The lowest BCUT2D eigenvalue weighted by Crippen LogP contribution is -2.04. The zero-order chi connectivity index (χ0) is 12.4. The number of benzene rings is 1. The fourth-order valence-corrected chi connectivity index (χ4v) is 1.52. The van der Waals surface area contributed by atoms with Crippen molar-refractivity contribution in [2.75, 3.05) is 5.73 Å². The van der Waals surface area contributed by atoms with Crippen molar-refractivity contribution < 1.29 is 8.78 Å². The number of aromatic nitrogens is 1. The zero-order valence-electron chi connectivity index (χ0n) is 8.95. The molecule has 88 valence electrons. The van der Waals surface area contributed by atoms with Crippen LogP contribution in [0, 0.1) is 11.6 Å². The Balaban J connectivity index is 2.53. The first-order valence-electron chi connectivity index (χ1n) is 5.02. The third-order valence-electron chi connectivity index (χ3n) is 2.44. The third kappa shape index (κ3) is 2.24. The predicted molar refractivity (Wildman–Crippen MR) is 61.9 cm³/mol. The number of hydrogen-bond acceptors (Lipinski definition) is 3. The SMILES string of the molecule is NCc1ccc(-c2cc(F)ccc2F)nc1N. The molecule has 17 heavy (non-hydrogen) atoms. The summed E-state index contributed by atoms with van der Waals surface area (Å²) in [5.41, 5.74) is 12.1. The lowest BCUT2D eigenvalue weighted by molar-refractivity contribution is 0.602. The summed E-state index contributed by atoms with van der Waals surface area (Å²) >= 11 is 0. The highest BCUT2D eigenvalue weighted by molar-refractivity contribution is 5.62. The van der Waals surface area contributed by atoms with Gasteiger partial charge < -0.3 is 11.5 Å². The monoisotopic (exact) mass is 235 g/mol. The molecule has 0 fully saturated rings. The average molecular weight is 235 g/mol. The Morgan fingerprint density at radius 3 is 2.53 bits per heavy atom. The molecule has 0 unspecified atom stereocenters. The van der Waals surface area contributed by atoms with Crippen LogP contribution in [0.5, 0.6) is 0 Å². The van der Waals surface area contributed by atoms with Crippen molar-refractivity contribution in [1.29, 1.82) is 0 Å². The van der Waals surface area contributed by atoms with Gasteiger partial charge in [0, 0.05) is 17.7 Å². The third-order valence-corrected chi connectivity index (χ3v) is 2.44. The highest BCUT2D eigenvalue weighted by atomic mass is 19.1. The second-order valence-corrected chi connectivity index (χ2v) is 3.57. The number of rotatable bonds is 2. The molecule has 0 aliphatic carbocycles. The van der Waals surface area contributed by atoms with Crippen molar-refractivity contribution in [3.05, 3.63) is 47.5 Å². The van der Waals surface area contributed by atoms with Gasteiger partial charge in [-0.3, -0.25) is 0 Å². The number of nitrogen functional groups attached to an aromatic ring is 1.